The number of nitrogens with one attached hydrogen (secondary N) is 1. The number of benzene rings is 1. The maximum Gasteiger partial charge on any atom is 0.318 e. The lowest BCUT2D eigenvalue weighted by Gasteiger charge is -2.32. The van der Waals surface area contributed by atoms with E-state index in [1.165, 1.54) is 5.69 Å². The predicted molar refractivity (Wildman–Crippen MR) is 93.4 cm³/mol. The number of amides is 2. The van der Waals surface area contributed by atoms with Gasteiger partial charge in [0, 0.05) is 31.9 Å². The predicted octanol–water partition coefficient (Wildman–Crippen LogP) is 2.01. The first-order valence-electron chi connectivity index (χ1n) is 8.73. The molecule has 6 heteroatoms. The molecule has 0 bridgehead atoms. The van der Waals surface area contributed by atoms with Crippen LogP contribution in [-0.4, -0.2) is 63.0 Å². The normalized spacial score (nSPS) is 23.0. The number of morpholine rings is 2. The Morgan fingerprint density at radius 2 is 1.88 bits per heavy atom. The number of anilines is 1. The van der Waals surface area contributed by atoms with Crippen molar-refractivity contribution in [2.75, 3.05) is 50.9 Å². The van der Waals surface area contributed by atoms with Crippen LogP contribution in [0.25, 0.3) is 0 Å². The van der Waals surface area contributed by atoms with Gasteiger partial charge >= 0.3 is 6.03 Å². The molecule has 132 valence electrons. The third kappa shape index (κ3) is 4.19. The van der Waals surface area contributed by atoms with E-state index in [-0.39, 0.29) is 18.2 Å². The van der Waals surface area contributed by atoms with E-state index in [4.69, 9.17) is 9.47 Å². The summed E-state index contributed by atoms with van der Waals surface area (Å²) in [5, 5.41) is 3.08. The molecule has 0 aliphatic carbocycles. The van der Waals surface area contributed by atoms with E-state index in [0.717, 1.165) is 31.9 Å². The van der Waals surface area contributed by atoms with E-state index in [1.807, 2.05) is 18.7 Å². The highest BCUT2D eigenvalue weighted by Crippen LogP contribution is 2.20. The van der Waals surface area contributed by atoms with E-state index < -0.39 is 0 Å². The molecule has 2 aliphatic rings. The second kappa shape index (κ2) is 7.85. The molecule has 2 saturated heterocycles. The summed E-state index contributed by atoms with van der Waals surface area (Å²) in [5.41, 5.74) is 2.32. The van der Waals surface area contributed by atoms with Gasteiger partial charge in [-0.05, 0) is 31.5 Å². The van der Waals surface area contributed by atoms with Crippen molar-refractivity contribution in [3.63, 3.8) is 0 Å². The zero-order valence-electron chi connectivity index (χ0n) is 14.5. The van der Waals surface area contributed by atoms with Gasteiger partial charge in [-0.3, -0.25) is 0 Å². The van der Waals surface area contributed by atoms with Crippen LogP contribution in [0, 0.1) is 0 Å². The minimum atomic E-state index is -0.0191. The first kappa shape index (κ1) is 17.0. The van der Waals surface area contributed by atoms with Gasteiger partial charge in [-0.15, -0.1) is 0 Å². The minimum Gasteiger partial charge on any atom is -0.378 e. The van der Waals surface area contributed by atoms with E-state index in [2.05, 4.69) is 34.5 Å². The molecule has 0 unspecified atom stereocenters. The first-order valence-corrected chi connectivity index (χ1v) is 8.73. The molecule has 1 N–H and O–H groups in total. The zero-order valence-corrected chi connectivity index (χ0v) is 14.5. The number of rotatable bonds is 3. The minimum absolute atomic E-state index is 0.0186. The van der Waals surface area contributed by atoms with E-state index in [0.29, 0.717) is 19.7 Å². The highest BCUT2D eigenvalue weighted by molar-refractivity contribution is 5.74. The molecule has 6 nitrogen and oxygen atoms in total. The van der Waals surface area contributed by atoms with E-state index in [1.54, 1.807) is 0 Å². The lowest BCUT2D eigenvalue weighted by atomic mass is 10.1. The molecular formula is C18H27N3O3. The third-order valence-electron chi connectivity index (χ3n) is 4.64. The molecule has 1 aromatic carbocycles. The fraction of sp³-hybridized carbons (Fsp3) is 0.611. The van der Waals surface area contributed by atoms with Gasteiger partial charge in [-0.2, -0.15) is 0 Å². The van der Waals surface area contributed by atoms with Gasteiger partial charge in [0.1, 0.15) is 0 Å². The summed E-state index contributed by atoms with van der Waals surface area (Å²) in [6.07, 6.45) is 0.104. The molecular weight excluding hydrogens is 306 g/mol. The standard InChI is InChI=1S/C18H27N3O3/c1-14-13-21(9-12-24-14)18(22)19-15(2)16-3-5-17(6-4-16)20-7-10-23-11-8-20/h3-6,14-15H,7-13H2,1-2H3,(H,19,22)/t14-,15+/m0/s1. The van der Waals surface area contributed by atoms with Gasteiger partial charge in [-0.25, -0.2) is 4.79 Å². The Morgan fingerprint density at radius 3 is 2.54 bits per heavy atom. The molecule has 0 spiro atoms. The van der Waals surface area contributed by atoms with Crippen molar-refractivity contribution >= 4 is 11.7 Å². The third-order valence-corrected chi connectivity index (χ3v) is 4.64. The number of hydrogen-bond acceptors (Lipinski definition) is 4. The van der Waals surface area contributed by atoms with Gasteiger partial charge in [0.25, 0.3) is 0 Å². The smallest absolute Gasteiger partial charge is 0.318 e. The summed E-state index contributed by atoms with van der Waals surface area (Å²) in [5.74, 6) is 0. The Labute approximate surface area is 143 Å². The van der Waals surface area contributed by atoms with Crippen LogP contribution >= 0.6 is 0 Å². The molecule has 0 radical (unpaired) electrons. The van der Waals surface area contributed by atoms with Crippen molar-refractivity contribution in [3.8, 4) is 0 Å². The zero-order chi connectivity index (χ0) is 16.9. The number of nitrogens with zero attached hydrogens (tertiary/aromatic N) is 2. The van der Waals surface area contributed by atoms with Crippen molar-refractivity contribution in [3.05, 3.63) is 29.8 Å². The lowest BCUT2D eigenvalue weighted by Crippen LogP contribution is -2.49. The number of hydrogen-bond donors (Lipinski definition) is 1. The highest BCUT2D eigenvalue weighted by atomic mass is 16.5. The molecule has 0 aromatic heterocycles. The van der Waals surface area contributed by atoms with Crippen molar-refractivity contribution in [2.45, 2.75) is 26.0 Å². The van der Waals surface area contributed by atoms with Gasteiger partial charge in [0.2, 0.25) is 0 Å². The van der Waals surface area contributed by atoms with Crippen LogP contribution in [0.5, 0.6) is 0 Å². The van der Waals surface area contributed by atoms with Gasteiger partial charge in [0.15, 0.2) is 0 Å². The number of ether oxygens (including phenoxy) is 2. The topological polar surface area (TPSA) is 54.0 Å². The molecule has 2 amide bonds. The summed E-state index contributed by atoms with van der Waals surface area (Å²) in [7, 11) is 0. The Morgan fingerprint density at radius 1 is 1.17 bits per heavy atom. The van der Waals surface area contributed by atoms with E-state index >= 15 is 0 Å². The Hall–Kier alpha value is -1.79. The SMILES string of the molecule is C[C@H]1CN(C(=O)N[C@H](C)c2ccc(N3CCOCC3)cc2)CCO1. The second-order valence-electron chi connectivity index (χ2n) is 6.49. The van der Waals surface area contributed by atoms with Crippen LogP contribution < -0.4 is 10.2 Å². The Kier molecular flexibility index (Phi) is 5.58. The van der Waals surface area contributed by atoms with Crippen LogP contribution in [0.15, 0.2) is 24.3 Å². The largest absolute Gasteiger partial charge is 0.378 e. The summed E-state index contributed by atoms with van der Waals surface area (Å²) in [6, 6.07) is 8.40. The molecule has 2 heterocycles. The van der Waals surface area contributed by atoms with Crippen molar-refractivity contribution < 1.29 is 14.3 Å². The van der Waals surface area contributed by atoms with Crippen LogP contribution in [0.4, 0.5) is 10.5 Å². The number of carbonyl (C=O) groups excluding carboxylic acids is 1. The summed E-state index contributed by atoms with van der Waals surface area (Å²) >= 11 is 0. The maximum absolute atomic E-state index is 12.4. The molecule has 0 saturated carbocycles. The van der Waals surface area contributed by atoms with Crippen molar-refractivity contribution in [1.82, 2.24) is 10.2 Å². The average Bonchev–Trinajstić information content (AvgIpc) is 2.62. The van der Waals surface area contributed by atoms with Crippen molar-refractivity contribution in [1.29, 1.82) is 0 Å². The van der Waals surface area contributed by atoms with Gasteiger partial charge in [0.05, 0.1) is 32.0 Å². The van der Waals surface area contributed by atoms with Gasteiger partial charge in [-0.1, -0.05) is 12.1 Å². The lowest BCUT2D eigenvalue weighted by molar-refractivity contribution is -0.00380. The fourth-order valence-electron chi connectivity index (χ4n) is 3.16. The summed E-state index contributed by atoms with van der Waals surface area (Å²) in [4.78, 5) is 16.5. The molecule has 24 heavy (non-hydrogen) atoms. The van der Waals surface area contributed by atoms with Crippen LogP contribution in [0.1, 0.15) is 25.5 Å². The monoisotopic (exact) mass is 333 g/mol. The van der Waals surface area contributed by atoms with Crippen LogP contribution in [0.2, 0.25) is 0 Å². The van der Waals surface area contributed by atoms with Gasteiger partial charge < -0.3 is 24.6 Å². The average molecular weight is 333 g/mol. The van der Waals surface area contributed by atoms with Crippen molar-refractivity contribution in [2.24, 2.45) is 0 Å². The fourth-order valence-corrected chi connectivity index (χ4v) is 3.16. The molecule has 2 atom stereocenters. The van der Waals surface area contributed by atoms with Crippen LogP contribution in [-0.2, 0) is 9.47 Å². The van der Waals surface area contributed by atoms with E-state index in [9.17, 15) is 4.79 Å². The molecule has 3 rings (SSSR count). The molecule has 2 fully saturated rings. The first-order chi connectivity index (χ1) is 11.6. The quantitative estimate of drug-likeness (QED) is 0.919. The maximum atomic E-state index is 12.4. The summed E-state index contributed by atoms with van der Waals surface area (Å²) in [6.45, 7) is 9.35. The second-order valence-corrected chi connectivity index (χ2v) is 6.49. The highest BCUT2D eigenvalue weighted by Gasteiger charge is 2.22. The molecule has 2 aliphatic heterocycles. The van der Waals surface area contributed by atoms with Crippen LogP contribution in [0.3, 0.4) is 0 Å². The molecule has 1 aromatic rings. The summed E-state index contributed by atoms with van der Waals surface area (Å²) < 4.78 is 10.9. The number of carbonyl (C=O) groups is 1. The Bertz CT molecular complexity index is 543. The number of urea groups is 1. The Balaban J connectivity index is 1.56.